The second-order valence-electron chi connectivity index (χ2n) is 4.62. The van der Waals surface area contributed by atoms with E-state index >= 15 is 0 Å². The largest absolute Gasteiger partial charge is 0.340 e. The van der Waals surface area contributed by atoms with Gasteiger partial charge in [0.1, 0.15) is 5.54 Å². The first-order valence-corrected chi connectivity index (χ1v) is 5.88. The van der Waals surface area contributed by atoms with Gasteiger partial charge in [-0.1, -0.05) is 29.4 Å². The average molecular weight is 229 g/mol. The highest BCUT2D eigenvalue weighted by Crippen LogP contribution is 2.36. The molecule has 17 heavy (non-hydrogen) atoms. The number of nitrogens with two attached hydrogens (primary N) is 1. The lowest BCUT2D eigenvalue weighted by atomic mass is 9.77. The lowest BCUT2D eigenvalue weighted by Crippen LogP contribution is -2.42. The van der Waals surface area contributed by atoms with Crippen LogP contribution in [0.4, 0.5) is 0 Å². The van der Waals surface area contributed by atoms with Crippen molar-refractivity contribution in [3.05, 3.63) is 47.1 Å². The van der Waals surface area contributed by atoms with Gasteiger partial charge < -0.3 is 10.3 Å². The summed E-state index contributed by atoms with van der Waals surface area (Å²) in [6.45, 7) is 1.79. The highest BCUT2D eigenvalue weighted by molar-refractivity contribution is 5.40. The van der Waals surface area contributed by atoms with Crippen LogP contribution in [0.15, 0.2) is 28.8 Å². The second kappa shape index (κ2) is 3.67. The van der Waals surface area contributed by atoms with Gasteiger partial charge in [-0.3, -0.25) is 0 Å². The summed E-state index contributed by atoms with van der Waals surface area (Å²) in [5, 5.41) is 4.00. The van der Waals surface area contributed by atoms with Crippen LogP contribution in [0.5, 0.6) is 0 Å². The Bertz CT molecular complexity index is 549. The van der Waals surface area contributed by atoms with Gasteiger partial charge in [0, 0.05) is 6.92 Å². The summed E-state index contributed by atoms with van der Waals surface area (Å²) in [6, 6.07) is 8.26. The van der Waals surface area contributed by atoms with E-state index in [1.165, 1.54) is 5.56 Å². The molecule has 0 amide bonds. The highest BCUT2D eigenvalue weighted by Gasteiger charge is 2.38. The molecule has 1 unspecified atom stereocenters. The predicted molar refractivity (Wildman–Crippen MR) is 63.4 cm³/mol. The molecular weight excluding hydrogens is 214 g/mol. The van der Waals surface area contributed by atoms with Crippen LogP contribution in [0.2, 0.25) is 0 Å². The highest BCUT2D eigenvalue weighted by atomic mass is 16.5. The van der Waals surface area contributed by atoms with E-state index in [2.05, 4.69) is 22.3 Å². The molecule has 4 heteroatoms. The van der Waals surface area contributed by atoms with Crippen LogP contribution in [0, 0.1) is 6.92 Å². The van der Waals surface area contributed by atoms with Gasteiger partial charge in [0.05, 0.1) is 0 Å². The molecule has 1 heterocycles. The number of hydrogen-bond acceptors (Lipinski definition) is 4. The Balaban J connectivity index is 2.15. The fraction of sp³-hybridized carbons (Fsp3) is 0.385. The number of benzene rings is 1. The number of rotatable bonds is 1. The molecule has 0 fully saturated rings. The first-order chi connectivity index (χ1) is 8.20. The normalized spacial score (nSPS) is 23.4. The Morgan fingerprint density at radius 3 is 2.94 bits per heavy atom. The fourth-order valence-electron chi connectivity index (χ4n) is 2.58. The van der Waals surface area contributed by atoms with E-state index in [-0.39, 0.29) is 0 Å². The summed E-state index contributed by atoms with van der Waals surface area (Å²) in [4.78, 5) is 4.30. The van der Waals surface area contributed by atoms with Gasteiger partial charge >= 0.3 is 0 Å². The molecule has 0 saturated heterocycles. The van der Waals surface area contributed by atoms with E-state index in [1.807, 2.05) is 12.1 Å². The number of fused-ring (bicyclic) bond motifs is 1. The third-order valence-electron chi connectivity index (χ3n) is 3.44. The fourth-order valence-corrected chi connectivity index (χ4v) is 2.58. The van der Waals surface area contributed by atoms with Gasteiger partial charge in [-0.15, -0.1) is 0 Å². The SMILES string of the molecule is Cc1nc(C2(N)CCCc3ccccc32)no1. The first-order valence-electron chi connectivity index (χ1n) is 5.88. The number of nitrogens with zero attached hydrogens (tertiary/aromatic N) is 2. The van der Waals surface area contributed by atoms with Crippen molar-refractivity contribution in [2.45, 2.75) is 31.7 Å². The Kier molecular flexibility index (Phi) is 2.26. The zero-order chi connectivity index (χ0) is 11.9. The Morgan fingerprint density at radius 1 is 1.35 bits per heavy atom. The molecule has 1 aliphatic carbocycles. The molecule has 0 saturated carbocycles. The molecule has 0 aliphatic heterocycles. The van der Waals surface area contributed by atoms with Gasteiger partial charge in [-0.25, -0.2) is 0 Å². The summed E-state index contributed by atoms with van der Waals surface area (Å²) in [6.07, 6.45) is 3.00. The average Bonchev–Trinajstić information content (AvgIpc) is 2.77. The minimum Gasteiger partial charge on any atom is -0.340 e. The zero-order valence-electron chi connectivity index (χ0n) is 9.81. The van der Waals surface area contributed by atoms with Crippen molar-refractivity contribution in [1.82, 2.24) is 10.1 Å². The maximum atomic E-state index is 6.52. The van der Waals surface area contributed by atoms with Crippen LogP contribution < -0.4 is 5.73 Å². The van der Waals surface area contributed by atoms with E-state index in [0.717, 1.165) is 24.8 Å². The summed E-state index contributed by atoms with van der Waals surface area (Å²) >= 11 is 0. The molecule has 1 aromatic carbocycles. The van der Waals surface area contributed by atoms with Crippen LogP contribution in [0.3, 0.4) is 0 Å². The number of aryl methyl sites for hydroxylation is 2. The van der Waals surface area contributed by atoms with Gasteiger partial charge in [0.25, 0.3) is 0 Å². The smallest absolute Gasteiger partial charge is 0.223 e. The van der Waals surface area contributed by atoms with Crippen molar-refractivity contribution in [1.29, 1.82) is 0 Å². The third-order valence-corrected chi connectivity index (χ3v) is 3.44. The summed E-state index contributed by atoms with van der Waals surface area (Å²) in [5.41, 5.74) is 8.36. The molecule has 2 N–H and O–H groups in total. The molecule has 4 nitrogen and oxygen atoms in total. The van der Waals surface area contributed by atoms with E-state index in [0.29, 0.717) is 11.7 Å². The molecule has 88 valence electrons. The Labute approximate surface area is 99.8 Å². The molecule has 1 atom stereocenters. The van der Waals surface area contributed by atoms with E-state index < -0.39 is 5.54 Å². The van der Waals surface area contributed by atoms with Gasteiger partial charge in [0.15, 0.2) is 5.82 Å². The van der Waals surface area contributed by atoms with Crippen molar-refractivity contribution in [2.75, 3.05) is 0 Å². The van der Waals surface area contributed by atoms with Gasteiger partial charge in [-0.05, 0) is 30.4 Å². The summed E-state index contributed by atoms with van der Waals surface area (Å²) in [5.74, 6) is 1.16. The van der Waals surface area contributed by atoms with Crippen molar-refractivity contribution in [3.8, 4) is 0 Å². The molecule has 1 aromatic heterocycles. The van der Waals surface area contributed by atoms with Gasteiger partial charge in [-0.2, -0.15) is 4.98 Å². The van der Waals surface area contributed by atoms with Crippen molar-refractivity contribution in [2.24, 2.45) is 5.73 Å². The lowest BCUT2D eigenvalue weighted by molar-refractivity contribution is 0.356. The van der Waals surface area contributed by atoms with Crippen LogP contribution >= 0.6 is 0 Å². The van der Waals surface area contributed by atoms with Crippen molar-refractivity contribution in [3.63, 3.8) is 0 Å². The molecule has 0 radical (unpaired) electrons. The van der Waals surface area contributed by atoms with Crippen molar-refractivity contribution >= 4 is 0 Å². The number of hydrogen-bond donors (Lipinski definition) is 1. The Hall–Kier alpha value is -1.68. The molecule has 3 rings (SSSR count). The maximum Gasteiger partial charge on any atom is 0.223 e. The van der Waals surface area contributed by atoms with E-state index in [4.69, 9.17) is 10.3 Å². The quantitative estimate of drug-likeness (QED) is 0.811. The second-order valence-corrected chi connectivity index (χ2v) is 4.62. The van der Waals surface area contributed by atoms with Crippen LogP contribution in [0.1, 0.15) is 35.7 Å². The van der Waals surface area contributed by atoms with E-state index in [9.17, 15) is 0 Å². The predicted octanol–water partition coefficient (Wildman–Crippen LogP) is 1.92. The van der Waals surface area contributed by atoms with E-state index in [1.54, 1.807) is 6.92 Å². The summed E-state index contributed by atoms with van der Waals surface area (Å²) < 4.78 is 5.06. The minimum atomic E-state index is -0.591. The standard InChI is InChI=1S/C13H15N3O/c1-9-15-12(16-17-9)13(14)8-4-6-10-5-2-3-7-11(10)13/h2-3,5,7H,4,6,8,14H2,1H3. The molecule has 2 aromatic rings. The van der Waals surface area contributed by atoms with Crippen LogP contribution in [-0.4, -0.2) is 10.1 Å². The summed E-state index contributed by atoms with van der Waals surface area (Å²) in [7, 11) is 0. The topological polar surface area (TPSA) is 64.9 Å². The minimum absolute atomic E-state index is 0.563. The molecule has 0 spiro atoms. The van der Waals surface area contributed by atoms with Gasteiger partial charge in [0.2, 0.25) is 5.89 Å². The Morgan fingerprint density at radius 2 is 2.18 bits per heavy atom. The maximum absolute atomic E-state index is 6.52. The monoisotopic (exact) mass is 229 g/mol. The van der Waals surface area contributed by atoms with Crippen LogP contribution in [0.25, 0.3) is 0 Å². The van der Waals surface area contributed by atoms with Crippen molar-refractivity contribution < 1.29 is 4.52 Å². The van der Waals surface area contributed by atoms with Crippen LogP contribution in [-0.2, 0) is 12.0 Å². The molecular formula is C13H15N3O. The zero-order valence-corrected chi connectivity index (χ0v) is 9.81. The first kappa shape index (κ1) is 10.5. The lowest BCUT2D eigenvalue weighted by Gasteiger charge is -2.32. The number of aromatic nitrogens is 2. The molecule has 0 bridgehead atoms. The molecule has 1 aliphatic rings. The third kappa shape index (κ3) is 1.56.